The molecule has 2 atom stereocenters. The molecule has 6 heteroatoms. The van der Waals surface area contributed by atoms with Crippen molar-refractivity contribution >= 4 is 12.0 Å². The van der Waals surface area contributed by atoms with Crippen LogP contribution in [-0.2, 0) is 4.79 Å². The highest BCUT2D eigenvalue weighted by Gasteiger charge is 2.27. The first-order chi connectivity index (χ1) is 9.36. The molecule has 2 unspecified atom stereocenters. The summed E-state index contributed by atoms with van der Waals surface area (Å²) in [5.74, 6) is -0.873. The number of rotatable bonds is 6. The van der Waals surface area contributed by atoms with Gasteiger partial charge in [0.25, 0.3) is 0 Å². The summed E-state index contributed by atoms with van der Waals surface area (Å²) < 4.78 is 0. The van der Waals surface area contributed by atoms with Gasteiger partial charge in [-0.25, -0.2) is 4.79 Å². The van der Waals surface area contributed by atoms with Gasteiger partial charge in [-0.05, 0) is 40.3 Å². The number of likely N-dealkylation sites (N-methyl/N-ethyl adjacent to an activating group) is 2. The van der Waals surface area contributed by atoms with Crippen molar-refractivity contribution in [2.24, 2.45) is 0 Å². The zero-order chi connectivity index (χ0) is 15.3. The largest absolute Gasteiger partial charge is 0.481 e. The second-order valence-corrected chi connectivity index (χ2v) is 5.67. The maximum Gasteiger partial charge on any atom is 0.320 e. The Morgan fingerprint density at radius 3 is 2.55 bits per heavy atom. The standard InChI is InChI=1S/C14H27N3O3/c1-5-17(11(2)9-13(18)19)14(20)16(4)10-12-7-6-8-15(12)3/h11-12H,5-10H2,1-4H3,(H,18,19). The minimum atomic E-state index is -0.873. The molecule has 0 saturated carbocycles. The van der Waals surface area contributed by atoms with Crippen molar-refractivity contribution < 1.29 is 14.7 Å². The molecular weight excluding hydrogens is 258 g/mol. The molecule has 1 rings (SSSR count). The zero-order valence-corrected chi connectivity index (χ0v) is 13.0. The topological polar surface area (TPSA) is 64.1 Å². The molecule has 0 aromatic heterocycles. The second kappa shape index (κ2) is 7.47. The van der Waals surface area contributed by atoms with Crippen molar-refractivity contribution in [2.75, 3.05) is 33.7 Å². The van der Waals surface area contributed by atoms with Gasteiger partial charge in [0.2, 0.25) is 0 Å². The summed E-state index contributed by atoms with van der Waals surface area (Å²) in [5, 5.41) is 8.85. The number of carbonyl (C=O) groups excluding carboxylic acids is 1. The molecule has 20 heavy (non-hydrogen) atoms. The van der Waals surface area contributed by atoms with E-state index in [1.807, 2.05) is 6.92 Å². The molecule has 0 spiro atoms. The van der Waals surface area contributed by atoms with Crippen molar-refractivity contribution in [3.05, 3.63) is 0 Å². The number of aliphatic carboxylic acids is 1. The number of urea groups is 1. The molecule has 0 aromatic carbocycles. The van der Waals surface area contributed by atoms with Crippen LogP contribution in [-0.4, -0.2) is 77.6 Å². The first-order valence-electron chi connectivity index (χ1n) is 7.30. The number of carboxylic acids is 1. The van der Waals surface area contributed by atoms with Crippen LogP contribution in [0.4, 0.5) is 4.79 Å². The SMILES string of the molecule is CCN(C(=O)N(C)CC1CCCN1C)C(C)CC(=O)O. The zero-order valence-electron chi connectivity index (χ0n) is 13.0. The Morgan fingerprint density at radius 1 is 1.45 bits per heavy atom. The summed E-state index contributed by atoms with van der Waals surface area (Å²) >= 11 is 0. The highest BCUT2D eigenvalue weighted by Crippen LogP contribution is 2.16. The first kappa shape index (κ1) is 16.8. The maximum absolute atomic E-state index is 12.4. The summed E-state index contributed by atoms with van der Waals surface area (Å²) in [6, 6.07) is 0.0488. The normalized spacial score (nSPS) is 20.7. The van der Waals surface area contributed by atoms with Crippen LogP contribution in [0.1, 0.15) is 33.1 Å². The average molecular weight is 285 g/mol. The van der Waals surface area contributed by atoms with Crippen molar-refractivity contribution in [2.45, 2.75) is 45.2 Å². The molecule has 0 aliphatic carbocycles. The number of amides is 2. The highest BCUT2D eigenvalue weighted by atomic mass is 16.4. The summed E-state index contributed by atoms with van der Waals surface area (Å²) in [4.78, 5) is 28.8. The van der Waals surface area contributed by atoms with Crippen LogP contribution in [0.2, 0.25) is 0 Å². The van der Waals surface area contributed by atoms with Crippen LogP contribution in [0, 0.1) is 0 Å². The van der Waals surface area contributed by atoms with Crippen LogP contribution in [0.3, 0.4) is 0 Å². The van der Waals surface area contributed by atoms with Gasteiger partial charge in [-0.2, -0.15) is 0 Å². The van der Waals surface area contributed by atoms with Gasteiger partial charge in [0.15, 0.2) is 0 Å². The highest BCUT2D eigenvalue weighted by molar-refractivity contribution is 5.76. The predicted molar refractivity (Wildman–Crippen MR) is 77.8 cm³/mol. The minimum Gasteiger partial charge on any atom is -0.481 e. The summed E-state index contributed by atoms with van der Waals surface area (Å²) in [6.45, 7) is 5.97. The molecule has 6 nitrogen and oxygen atoms in total. The number of hydrogen-bond acceptors (Lipinski definition) is 3. The Balaban J connectivity index is 2.58. The van der Waals surface area contributed by atoms with E-state index < -0.39 is 5.97 Å². The van der Waals surface area contributed by atoms with E-state index in [2.05, 4.69) is 11.9 Å². The maximum atomic E-state index is 12.4. The Bertz CT molecular complexity index is 349. The molecule has 1 heterocycles. The molecule has 1 aliphatic heterocycles. The number of nitrogens with zero attached hydrogens (tertiary/aromatic N) is 3. The summed E-state index contributed by atoms with van der Waals surface area (Å²) in [7, 11) is 3.88. The molecule has 1 aliphatic rings. The van der Waals surface area contributed by atoms with E-state index in [9.17, 15) is 9.59 Å². The van der Waals surface area contributed by atoms with Gasteiger partial charge in [0.1, 0.15) is 0 Å². The monoisotopic (exact) mass is 285 g/mol. The number of carbonyl (C=O) groups is 2. The molecule has 2 amide bonds. The number of hydrogen-bond donors (Lipinski definition) is 1. The van der Waals surface area contributed by atoms with Gasteiger partial charge in [-0.1, -0.05) is 0 Å². The van der Waals surface area contributed by atoms with Crippen LogP contribution < -0.4 is 0 Å². The number of likely N-dealkylation sites (tertiary alicyclic amines) is 1. The fourth-order valence-electron chi connectivity index (χ4n) is 2.82. The first-order valence-corrected chi connectivity index (χ1v) is 7.30. The molecule has 0 bridgehead atoms. The lowest BCUT2D eigenvalue weighted by Gasteiger charge is -2.33. The van der Waals surface area contributed by atoms with Crippen molar-refractivity contribution in [1.29, 1.82) is 0 Å². The molecule has 1 saturated heterocycles. The third-order valence-corrected chi connectivity index (χ3v) is 4.07. The third-order valence-electron chi connectivity index (χ3n) is 4.07. The molecule has 1 fully saturated rings. The fraction of sp³-hybridized carbons (Fsp3) is 0.857. The van der Waals surface area contributed by atoms with E-state index in [-0.39, 0.29) is 18.5 Å². The quantitative estimate of drug-likeness (QED) is 0.799. The van der Waals surface area contributed by atoms with E-state index in [0.29, 0.717) is 19.1 Å². The molecule has 0 aromatic rings. The van der Waals surface area contributed by atoms with E-state index in [1.54, 1.807) is 23.8 Å². The van der Waals surface area contributed by atoms with E-state index >= 15 is 0 Å². The minimum absolute atomic E-state index is 0.0171. The Hall–Kier alpha value is -1.30. The molecule has 0 radical (unpaired) electrons. The van der Waals surface area contributed by atoms with Crippen molar-refractivity contribution in [3.8, 4) is 0 Å². The lowest BCUT2D eigenvalue weighted by molar-refractivity contribution is -0.138. The Morgan fingerprint density at radius 2 is 2.10 bits per heavy atom. The Labute approximate surface area is 121 Å². The average Bonchev–Trinajstić information content (AvgIpc) is 2.74. The van der Waals surface area contributed by atoms with Crippen molar-refractivity contribution in [1.82, 2.24) is 14.7 Å². The second-order valence-electron chi connectivity index (χ2n) is 5.67. The lowest BCUT2D eigenvalue weighted by atomic mass is 10.2. The van der Waals surface area contributed by atoms with Gasteiger partial charge in [-0.3, -0.25) is 4.79 Å². The fourth-order valence-corrected chi connectivity index (χ4v) is 2.82. The number of carboxylic acid groups (broad SMARTS) is 1. The smallest absolute Gasteiger partial charge is 0.320 e. The lowest BCUT2D eigenvalue weighted by Crippen LogP contribution is -2.49. The summed E-state index contributed by atoms with van der Waals surface area (Å²) in [6.07, 6.45) is 2.28. The van der Waals surface area contributed by atoms with Crippen LogP contribution in [0.15, 0.2) is 0 Å². The van der Waals surface area contributed by atoms with Crippen LogP contribution in [0.25, 0.3) is 0 Å². The predicted octanol–water partition coefficient (Wildman–Crippen LogP) is 1.32. The van der Waals surface area contributed by atoms with Gasteiger partial charge in [0.05, 0.1) is 6.42 Å². The van der Waals surface area contributed by atoms with Crippen LogP contribution >= 0.6 is 0 Å². The van der Waals surface area contributed by atoms with Crippen LogP contribution in [0.5, 0.6) is 0 Å². The molecule has 116 valence electrons. The Kier molecular flexibility index (Phi) is 6.26. The van der Waals surface area contributed by atoms with E-state index in [1.165, 1.54) is 6.42 Å². The third kappa shape index (κ3) is 4.37. The molecular formula is C14H27N3O3. The van der Waals surface area contributed by atoms with E-state index in [4.69, 9.17) is 5.11 Å². The summed E-state index contributed by atoms with van der Waals surface area (Å²) in [5.41, 5.74) is 0. The molecule has 1 N–H and O–H groups in total. The van der Waals surface area contributed by atoms with Crippen molar-refractivity contribution in [3.63, 3.8) is 0 Å². The van der Waals surface area contributed by atoms with Gasteiger partial charge in [0, 0.05) is 32.2 Å². The van der Waals surface area contributed by atoms with Gasteiger partial charge < -0.3 is 19.8 Å². The van der Waals surface area contributed by atoms with E-state index in [0.717, 1.165) is 13.0 Å². The van der Waals surface area contributed by atoms with Gasteiger partial charge >= 0.3 is 12.0 Å². The van der Waals surface area contributed by atoms with Gasteiger partial charge in [-0.15, -0.1) is 0 Å².